The molecular formula is C20H27N3O2. The van der Waals surface area contributed by atoms with Crippen molar-refractivity contribution >= 4 is 16.9 Å². The van der Waals surface area contributed by atoms with E-state index in [-0.39, 0.29) is 17.6 Å². The smallest absolute Gasteiger partial charge is 0.245 e. The highest BCUT2D eigenvalue weighted by atomic mass is 16.5. The number of amides is 1. The van der Waals surface area contributed by atoms with Gasteiger partial charge in [0.25, 0.3) is 0 Å². The molecule has 2 aliphatic heterocycles. The lowest BCUT2D eigenvalue weighted by Gasteiger charge is -2.48. The van der Waals surface area contributed by atoms with E-state index in [9.17, 15) is 4.79 Å². The van der Waals surface area contributed by atoms with Crippen molar-refractivity contribution in [2.24, 2.45) is 0 Å². The molecule has 0 aliphatic carbocycles. The molecule has 2 aromatic rings. The summed E-state index contributed by atoms with van der Waals surface area (Å²) in [5.74, 6) is 1.23. The van der Waals surface area contributed by atoms with Gasteiger partial charge >= 0.3 is 0 Å². The third kappa shape index (κ3) is 2.74. The molecule has 5 heteroatoms. The van der Waals surface area contributed by atoms with Crippen LogP contribution in [-0.2, 0) is 16.0 Å². The van der Waals surface area contributed by atoms with Crippen molar-refractivity contribution in [1.29, 1.82) is 0 Å². The summed E-state index contributed by atoms with van der Waals surface area (Å²) in [4.78, 5) is 20.1. The fourth-order valence-corrected chi connectivity index (χ4v) is 4.29. The lowest BCUT2D eigenvalue weighted by Crippen LogP contribution is -2.54. The Balaban J connectivity index is 1.61. The zero-order chi connectivity index (χ0) is 17.4. The molecule has 25 heavy (non-hydrogen) atoms. The van der Waals surface area contributed by atoms with Crippen molar-refractivity contribution in [2.75, 3.05) is 19.7 Å². The van der Waals surface area contributed by atoms with E-state index in [1.54, 1.807) is 0 Å². The van der Waals surface area contributed by atoms with Crippen molar-refractivity contribution in [3.8, 4) is 0 Å². The SMILES string of the molecule is CCc1nc2ccccc2n1[C@@H](CC)C(=O)N1CCC2(CCO2)CC1. The topological polar surface area (TPSA) is 47.4 Å². The molecule has 1 aromatic heterocycles. The molecule has 2 saturated heterocycles. The first-order chi connectivity index (χ1) is 12.2. The Morgan fingerprint density at radius 2 is 1.96 bits per heavy atom. The maximum Gasteiger partial charge on any atom is 0.245 e. The number of hydrogen-bond acceptors (Lipinski definition) is 3. The monoisotopic (exact) mass is 341 g/mol. The molecule has 5 nitrogen and oxygen atoms in total. The Bertz CT molecular complexity index is 768. The van der Waals surface area contributed by atoms with Gasteiger partial charge in [-0.05, 0) is 37.8 Å². The molecule has 1 spiro atoms. The number of aromatic nitrogens is 2. The number of benzene rings is 1. The molecule has 3 heterocycles. The van der Waals surface area contributed by atoms with E-state index < -0.39 is 0 Å². The van der Waals surface area contributed by atoms with Crippen LogP contribution >= 0.6 is 0 Å². The molecule has 0 radical (unpaired) electrons. The van der Waals surface area contributed by atoms with Crippen LogP contribution in [-0.4, -0.2) is 45.7 Å². The number of nitrogens with zero attached hydrogens (tertiary/aromatic N) is 3. The predicted octanol–water partition coefficient (Wildman–Crippen LogP) is 3.33. The maximum absolute atomic E-state index is 13.3. The van der Waals surface area contributed by atoms with Crippen molar-refractivity contribution in [3.63, 3.8) is 0 Å². The minimum Gasteiger partial charge on any atom is -0.375 e. The van der Waals surface area contributed by atoms with Crippen molar-refractivity contribution in [2.45, 2.75) is 57.6 Å². The molecule has 0 N–H and O–H groups in total. The Morgan fingerprint density at radius 3 is 2.56 bits per heavy atom. The quantitative estimate of drug-likeness (QED) is 0.857. The van der Waals surface area contributed by atoms with Crippen molar-refractivity contribution in [3.05, 3.63) is 30.1 Å². The Hall–Kier alpha value is -1.88. The van der Waals surface area contributed by atoms with Gasteiger partial charge in [-0.25, -0.2) is 4.98 Å². The number of aryl methyl sites for hydroxylation is 1. The van der Waals surface area contributed by atoms with E-state index in [4.69, 9.17) is 9.72 Å². The van der Waals surface area contributed by atoms with Crippen molar-refractivity contribution in [1.82, 2.24) is 14.5 Å². The molecule has 134 valence electrons. The van der Waals surface area contributed by atoms with Gasteiger partial charge in [0.05, 0.1) is 23.2 Å². The van der Waals surface area contributed by atoms with Crippen LogP contribution in [0.1, 0.15) is 51.4 Å². The lowest BCUT2D eigenvalue weighted by atomic mass is 9.84. The van der Waals surface area contributed by atoms with E-state index in [0.29, 0.717) is 0 Å². The van der Waals surface area contributed by atoms with Gasteiger partial charge < -0.3 is 14.2 Å². The summed E-state index contributed by atoms with van der Waals surface area (Å²) in [6.07, 6.45) is 4.71. The highest BCUT2D eigenvalue weighted by molar-refractivity contribution is 5.84. The normalized spacial score (nSPS) is 20.6. The first-order valence-electron chi connectivity index (χ1n) is 9.56. The molecule has 1 aromatic carbocycles. The van der Waals surface area contributed by atoms with E-state index in [0.717, 1.165) is 68.7 Å². The standard InChI is InChI=1S/C20H27N3O2/c1-3-16(19(24)22-12-9-20(10-13-22)11-14-25-20)23-17-8-6-5-7-15(17)21-18(23)4-2/h5-8,16H,3-4,9-14H2,1-2H3/t16-/m0/s1. The summed E-state index contributed by atoms with van der Waals surface area (Å²) < 4.78 is 7.96. The molecule has 0 saturated carbocycles. The maximum atomic E-state index is 13.3. The number of piperidine rings is 1. The summed E-state index contributed by atoms with van der Waals surface area (Å²) in [7, 11) is 0. The van der Waals surface area contributed by atoms with Crippen molar-refractivity contribution < 1.29 is 9.53 Å². The van der Waals surface area contributed by atoms with E-state index >= 15 is 0 Å². The molecule has 1 atom stereocenters. The van der Waals surface area contributed by atoms with Crippen LogP contribution in [0.15, 0.2) is 24.3 Å². The zero-order valence-electron chi connectivity index (χ0n) is 15.2. The largest absolute Gasteiger partial charge is 0.375 e. The Kier molecular flexibility index (Phi) is 4.28. The second-order valence-electron chi connectivity index (χ2n) is 7.27. The number of rotatable bonds is 4. The molecule has 0 unspecified atom stereocenters. The number of fused-ring (bicyclic) bond motifs is 1. The first-order valence-corrected chi connectivity index (χ1v) is 9.56. The minimum atomic E-state index is -0.168. The van der Waals surface area contributed by atoms with E-state index in [2.05, 4.69) is 24.5 Å². The molecule has 1 amide bonds. The van der Waals surface area contributed by atoms with Crippen LogP contribution in [0.4, 0.5) is 0 Å². The molecule has 2 aliphatic rings. The summed E-state index contributed by atoms with van der Waals surface area (Å²) in [5.41, 5.74) is 2.12. The van der Waals surface area contributed by atoms with Gasteiger partial charge in [-0.15, -0.1) is 0 Å². The van der Waals surface area contributed by atoms with Gasteiger partial charge in [0.1, 0.15) is 11.9 Å². The zero-order valence-corrected chi connectivity index (χ0v) is 15.2. The molecule has 4 rings (SSSR count). The fraction of sp³-hybridized carbons (Fsp3) is 0.600. The van der Waals surface area contributed by atoms with Crippen LogP contribution in [0.25, 0.3) is 11.0 Å². The van der Waals surface area contributed by atoms with Gasteiger partial charge in [-0.1, -0.05) is 26.0 Å². The Labute approximate surface area is 149 Å². The minimum absolute atomic E-state index is 0.0781. The number of hydrogen-bond donors (Lipinski definition) is 0. The first kappa shape index (κ1) is 16.6. The highest BCUT2D eigenvalue weighted by Crippen LogP contribution is 2.37. The number of ether oxygens (including phenoxy) is 1. The number of likely N-dealkylation sites (tertiary alicyclic amines) is 1. The van der Waals surface area contributed by atoms with E-state index in [1.165, 1.54) is 0 Å². The van der Waals surface area contributed by atoms with E-state index in [1.807, 2.05) is 23.1 Å². The van der Waals surface area contributed by atoms with Crippen LogP contribution in [0, 0.1) is 0 Å². The average Bonchev–Trinajstić information content (AvgIpc) is 3.00. The molecular weight excluding hydrogens is 314 g/mol. The molecule has 0 bridgehead atoms. The van der Waals surface area contributed by atoms with Crippen LogP contribution < -0.4 is 0 Å². The predicted molar refractivity (Wildman–Crippen MR) is 97.6 cm³/mol. The number of carbonyl (C=O) groups excluding carboxylic acids is 1. The molecule has 2 fully saturated rings. The average molecular weight is 341 g/mol. The number of imidazole rings is 1. The van der Waals surface area contributed by atoms with Crippen LogP contribution in [0.5, 0.6) is 0 Å². The summed E-state index contributed by atoms with van der Waals surface area (Å²) >= 11 is 0. The Morgan fingerprint density at radius 1 is 1.24 bits per heavy atom. The van der Waals surface area contributed by atoms with Crippen LogP contribution in [0.3, 0.4) is 0 Å². The summed E-state index contributed by atoms with van der Waals surface area (Å²) in [6.45, 7) is 6.70. The van der Waals surface area contributed by atoms with Gasteiger partial charge in [-0.2, -0.15) is 0 Å². The van der Waals surface area contributed by atoms with Gasteiger partial charge in [0.15, 0.2) is 0 Å². The second-order valence-corrected chi connectivity index (χ2v) is 7.27. The second kappa shape index (κ2) is 6.45. The summed E-state index contributed by atoms with van der Waals surface area (Å²) in [6, 6.07) is 7.96. The van der Waals surface area contributed by atoms with Gasteiger partial charge in [0, 0.05) is 19.5 Å². The summed E-state index contributed by atoms with van der Waals surface area (Å²) in [5, 5.41) is 0. The van der Waals surface area contributed by atoms with Gasteiger partial charge in [0.2, 0.25) is 5.91 Å². The van der Waals surface area contributed by atoms with Gasteiger partial charge in [-0.3, -0.25) is 4.79 Å². The number of para-hydroxylation sites is 2. The lowest BCUT2D eigenvalue weighted by molar-refractivity contribution is -0.177. The fourth-order valence-electron chi connectivity index (χ4n) is 4.29. The number of carbonyl (C=O) groups is 1. The van der Waals surface area contributed by atoms with Crippen LogP contribution in [0.2, 0.25) is 0 Å². The highest BCUT2D eigenvalue weighted by Gasteiger charge is 2.42. The third-order valence-corrected chi connectivity index (χ3v) is 5.92. The third-order valence-electron chi connectivity index (χ3n) is 5.92.